The third kappa shape index (κ3) is 2.18. The van der Waals surface area contributed by atoms with E-state index in [-0.39, 0.29) is 5.69 Å². The van der Waals surface area contributed by atoms with Crippen LogP contribution in [0.3, 0.4) is 0 Å². The molecular weight excluding hydrogens is 207 g/mol. The summed E-state index contributed by atoms with van der Waals surface area (Å²) >= 11 is 4.95. The monoisotopic (exact) mass is 209 g/mol. The lowest BCUT2D eigenvalue weighted by molar-refractivity contribution is 0.107. The molecule has 0 bridgehead atoms. The second kappa shape index (κ2) is 3.74. The van der Waals surface area contributed by atoms with Gasteiger partial charge in [-0.05, 0) is 23.7 Å². The molecule has 0 amide bonds. The number of rotatable bonds is 2. The van der Waals surface area contributed by atoms with Gasteiger partial charge in [-0.1, -0.05) is 0 Å². The van der Waals surface area contributed by atoms with Gasteiger partial charge >= 0.3 is 0 Å². The first-order valence-corrected chi connectivity index (χ1v) is 3.54. The van der Waals surface area contributed by atoms with Crippen LogP contribution in [0.25, 0.3) is 0 Å². The molecule has 0 spiro atoms. The fourth-order valence-corrected chi connectivity index (χ4v) is 0.823. The predicted molar refractivity (Wildman–Crippen MR) is 39.3 cm³/mol. The van der Waals surface area contributed by atoms with Crippen LogP contribution in [-0.4, -0.2) is 10.2 Å². The molecule has 0 unspecified atom stereocenters. The van der Waals surface area contributed by atoms with Crippen LogP contribution < -0.4 is 0 Å². The highest BCUT2D eigenvalue weighted by Crippen LogP contribution is 2.20. The normalized spacial score (nSPS) is 10.5. The first kappa shape index (κ1) is 9.98. The van der Waals surface area contributed by atoms with Gasteiger partial charge in [0, 0.05) is 0 Å². The van der Waals surface area contributed by atoms with Gasteiger partial charge in [0.25, 0.3) is 11.7 Å². The van der Waals surface area contributed by atoms with Gasteiger partial charge in [0.05, 0.1) is 5.56 Å². The molecule has 0 fully saturated rings. The minimum absolute atomic E-state index is 0.386. The Morgan fingerprint density at radius 1 is 1.46 bits per heavy atom. The molecule has 0 saturated carbocycles. The van der Waals surface area contributed by atoms with E-state index in [0.29, 0.717) is 0 Å². The van der Waals surface area contributed by atoms with Crippen molar-refractivity contribution in [3.8, 4) is 0 Å². The van der Waals surface area contributed by atoms with E-state index in [2.05, 4.69) is 4.98 Å². The van der Waals surface area contributed by atoms with E-state index in [1.54, 1.807) is 0 Å². The minimum atomic E-state index is -2.95. The van der Waals surface area contributed by atoms with E-state index < -0.39 is 23.2 Å². The molecule has 1 aromatic heterocycles. The van der Waals surface area contributed by atoms with Crippen molar-refractivity contribution < 1.29 is 18.0 Å². The molecule has 1 aromatic rings. The van der Waals surface area contributed by atoms with Crippen LogP contribution >= 0.6 is 11.6 Å². The van der Waals surface area contributed by atoms with Crippen LogP contribution in [0.4, 0.5) is 13.2 Å². The third-order valence-electron chi connectivity index (χ3n) is 1.31. The maximum atomic E-state index is 12.7. The summed E-state index contributed by atoms with van der Waals surface area (Å²) in [4.78, 5) is 13.4. The minimum Gasteiger partial charge on any atom is -0.274 e. The number of nitrogens with zero attached hydrogens (tertiary/aromatic N) is 1. The van der Waals surface area contributed by atoms with Gasteiger partial charge in [-0.2, -0.15) is 4.39 Å². The van der Waals surface area contributed by atoms with Crippen molar-refractivity contribution in [2.75, 3.05) is 0 Å². The summed E-state index contributed by atoms with van der Waals surface area (Å²) in [7, 11) is 0. The van der Waals surface area contributed by atoms with Crippen molar-refractivity contribution >= 4 is 16.8 Å². The Kier molecular flexibility index (Phi) is 2.87. The van der Waals surface area contributed by atoms with Gasteiger partial charge in [0.2, 0.25) is 5.95 Å². The largest absolute Gasteiger partial charge is 0.274 e. The molecule has 0 aliphatic heterocycles. The molecule has 0 aromatic carbocycles. The van der Waals surface area contributed by atoms with Crippen LogP contribution in [-0.2, 0) is 0 Å². The summed E-state index contributed by atoms with van der Waals surface area (Å²) in [5, 5.41) is -0.986. The molecular formula is C7H3ClF3NO. The van der Waals surface area contributed by atoms with E-state index >= 15 is 0 Å². The Morgan fingerprint density at radius 3 is 2.46 bits per heavy atom. The van der Waals surface area contributed by atoms with Gasteiger partial charge in [0.1, 0.15) is 5.69 Å². The van der Waals surface area contributed by atoms with E-state index in [1.165, 1.54) is 0 Å². The zero-order valence-corrected chi connectivity index (χ0v) is 6.86. The summed E-state index contributed by atoms with van der Waals surface area (Å²) in [6, 6.07) is 1.72. The summed E-state index contributed by atoms with van der Waals surface area (Å²) in [5.74, 6) is -1.37. The Hall–Kier alpha value is -1.10. The highest BCUT2D eigenvalue weighted by atomic mass is 35.5. The van der Waals surface area contributed by atoms with Crippen LogP contribution in [0.15, 0.2) is 12.1 Å². The first-order chi connectivity index (χ1) is 6.02. The SMILES string of the molecule is O=C(Cl)c1ccc(C(F)F)c(F)n1. The van der Waals surface area contributed by atoms with E-state index in [0.717, 1.165) is 12.1 Å². The van der Waals surface area contributed by atoms with Crippen LogP contribution in [0.5, 0.6) is 0 Å². The second-order valence-corrected chi connectivity index (χ2v) is 2.49. The van der Waals surface area contributed by atoms with Gasteiger partial charge in [-0.3, -0.25) is 4.79 Å². The van der Waals surface area contributed by atoms with Gasteiger partial charge < -0.3 is 0 Å². The lowest BCUT2D eigenvalue weighted by Gasteiger charge is -2.00. The smallest absolute Gasteiger partial charge is 0.270 e. The van der Waals surface area contributed by atoms with Gasteiger partial charge in [0.15, 0.2) is 0 Å². The zero-order chi connectivity index (χ0) is 10.0. The maximum absolute atomic E-state index is 12.7. The molecule has 0 atom stereocenters. The average molecular weight is 210 g/mol. The topological polar surface area (TPSA) is 30.0 Å². The summed E-state index contributed by atoms with van der Waals surface area (Å²) < 4.78 is 36.6. The highest BCUT2D eigenvalue weighted by Gasteiger charge is 2.16. The molecule has 1 heterocycles. The van der Waals surface area contributed by atoms with E-state index in [1.807, 2.05) is 0 Å². The molecule has 0 aliphatic rings. The Morgan fingerprint density at radius 2 is 2.08 bits per heavy atom. The average Bonchev–Trinajstić information content (AvgIpc) is 2.03. The van der Waals surface area contributed by atoms with Crippen LogP contribution in [0.1, 0.15) is 22.5 Å². The van der Waals surface area contributed by atoms with Crippen molar-refractivity contribution in [3.63, 3.8) is 0 Å². The summed E-state index contributed by atoms with van der Waals surface area (Å²) in [6.07, 6.45) is -2.95. The van der Waals surface area contributed by atoms with Crippen LogP contribution in [0, 0.1) is 5.95 Å². The quantitative estimate of drug-likeness (QED) is 0.553. The Labute approximate surface area is 76.3 Å². The van der Waals surface area contributed by atoms with Crippen molar-refractivity contribution in [2.45, 2.75) is 6.43 Å². The number of carbonyl (C=O) groups excluding carboxylic acids is 1. The van der Waals surface area contributed by atoms with Crippen molar-refractivity contribution in [3.05, 3.63) is 29.3 Å². The Bertz CT molecular complexity index is 343. The van der Waals surface area contributed by atoms with Crippen molar-refractivity contribution in [1.29, 1.82) is 0 Å². The lowest BCUT2D eigenvalue weighted by Crippen LogP contribution is -2.00. The zero-order valence-electron chi connectivity index (χ0n) is 6.10. The number of aromatic nitrogens is 1. The predicted octanol–water partition coefficient (Wildman–Crippen LogP) is 2.54. The highest BCUT2D eigenvalue weighted by molar-refractivity contribution is 6.67. The molecule has 6 heteroatoms. The summed E-state index contributed by atoms with van der Waals surface area (Å²) in [5.41, 5.74) is -1.23. The number of hydrogen-bond donors (Lipinski definition) is 0. The number of halogens is 4. The van der Waals surface area contributed by atoms with Crippen LogP contribution in [0.2, 0.25) is 0 Å². The van der Waals surface area contributed by atoms with Gasteiger partial charge in [-0.25, -0.2) is 13.8 Å². The maximum Gasteiger partial charge on any atom is 0.270 e. The number of carbonyl (C=O) groups is 1. The van der Waals surface area contributed by atoms with Gasteiger partial charge in [-0.15, -0.1) is 0 Å². The van der Waals surface area contributed by atoms with E-state index in [4.69, 9.17) is 11.6 Å². The fraction of sp³-hybridized carbons (Fsp3) is 0.143. The second-order valence-electron chi connectivity index (χ2n) is 2.15. The molecule has 2 nitrogen and oxygen atoms in total. The van der Waals surface area contributed by atoms with Crippen molar-refractivity contribution in [1.82, 2.24) is 4.98 Å². The molecule has 13 heavy (non-hydrogen) atoms. The van der Waals surface area contributed by atoms with E-state index in [9.17, 15) is 18.0 Å². The fourth-order valence-electron chi connectivity index (χ4n) is 0.717. The lowest BCUT2D eigenvalue weighted by atomic mass is 10.2. The molecule has 0 saturated heterocycles. The Balaban J connectivity index is 3.13. The molecule has 70 valence electrons. The molecule has 1 rings (SSSR count). The summed E-state index contributed by atoms with van der Waals surface area (Å²) in [6.45, 7) is 0. The number of alkyl halides is 2. The molecule has 0 radical (unpaired) electrons. The first-order valence-electron chi connectivity index (χ1n) is 3.17. The number of hydrogen-bond acceptors (Lipinski definition) is 2. The molecule has 0 N–H and O–H groups in total. The van der Waals surface area contributed by atoms with Crippen molar-refractivity contribution in [2.24, 2.45) is 0 Å². The number of pyridine rings is 1. The third-order valence-corrected chi connectivity index (χ3v) is 1.51. The standard InChI is InChI=1S/C7H3ClF3NO/c8-5(13)4-2-1-3(6(9)10)7(11)12-4/h1-2,6H. The molecule has 0 aliphatic carbocycles.